The number of carbonyl (C=O) groups excluding carboxylic acids is 2. The largest absolute Gasteiger partial charge is 0.477 e. The van der Waals surface area contributed by atoms with E-state index in [2.05, 4.69) is 0 Å². The Morgan fingerprint density at radius 3 is 2.47 bits per heavy atom. The lowest BCUT2D eigenvalue weighted by atomic mass is 10.3. The van der Waals surface area contributed by atoms with E-state index in [1.165, 1.54) is 6.07 Å². The van der Waals surface area contributed by atoms with E-state index in [4.69, 9.17) is 9.52 Å². The van der Waals surface area contributed by atoms with Crippen molar-refractivity contribution in [1.82, 2.24) is 0 Å². The van der Waals surface area contributed by atoms with Gasteiger partial charge in [0.2, 0.25) is 17.7 Å². The number of carbonyl (C=O) groups is 3. The Morgan fingerprint density at radius 2 is 1.93 bits per heavy atom. The zero-order chi connectivity index (χ0) is 11.0. The molecule has 0 atom stereocenters. The summed E-state index contributed by atoms with van der Waals surface area (Å²) in [4.78, 5) is 34.1. The SMILES string of the molecule is O=C(O)c1ccoc1N1C(=O)CCC1=O. The highest BCUT2D eigenvalue weighted by Crippen LogP contribution is 2.27. The number of amides is 2. The van der Waals surface area contributed by atoms with Gasteiger partial charge in [-0.2, -0.15) is 0 Å². The van der Waals surface area contributed by atoms with E-state index in [-0.39, 0.29) is 24.3 Å². The molecule has 1 aromatic rings. The molecule has 1 fully saturated rings. The molecule has 15 heavy (non-hydrogen) atoms. The van der Waals surface area contributed by atoms with Crippen LogP contribution in [-0.2, 0) is 9.59 Å². The van der Waals surface area contributed by atoms with Crippen molar-refractivity contribution in [2.75, 3.05) is 4.90 Å². The van der Waals surface area contributed by atoms with Gasteiger partial charge < -0.3 is 9.52 Å². The summed E-state index contributed by atoms with van der Waals surface area (Å²) in [6.07, 6.45) is 1.33. The van der Waals surface area contributed by atoms with Crippen LogP contribution in [-0.4, -0.2) is 22.9 Å². The summed E-state index contributed by atoms with van der Waals surface area (Å²) in [7, 11) is 0. The number of furan rings is 1. The Labute approximate surface area is 84.1 Å². The van der Waals surface area contributed by atoms with Crippen LogP contribution in [0.1, 0.15) is 23.2 Å². The van der Waals surface area contributed by atoms with Crippen LogP contribution < -0.4 is 4.90 Å². The predicted molar refractivity (Wildman–Crippen MR) is 47.4 cm³/mol. The second-order valence-corrected chi connectivity index (χ2v) is 3.07. The predicted octanol–water partition coefficient (Wildman–Crippen LogP) is 0.631. The molecule has 78 valence electrons. The molecule has 1 N–H and O–H groups in total. The number of aromatic carboxylic acids is 1. The lowest BCUT2D eigenvalue weighted by molar-refractivity contribution is -0.121. The Morgan fingerprint density at radius 1 is 1.33 bits per heavy atom. The van der Waals surface area contributed by atoms with Crippen molar-refractivity contribution in [2.24, 2.45) is 0 Å². The molecule has 6 nitrogen and oxygen atoms in total. The smallest absolute Gasteiger partial charge is 0.341 e. The van der Waals surface area contributed by atoms with E-state index < -0.39 is 17.8 Å². The van der Waals surface area contributed by atoms with Crippen LogP contribution in [0.3, 0.4) is 0 Å². The van der Waals surface area contributed by atoms with E-state index in [9.17, 15) is 14.4 Å². The Kier molecular flexibility index (Phi) is 2.03. The van der Waals surface area contributed by atoms with Gasteiger partial charge in [0.1, 0.15) is 5.56 Å². The third kappa shape index (κ3) is 1.39. The van der Waals surface area contributed by atoms with Crippen molar-refractivity contribution < 1.29 is 23.9 Å². The van der Waals surface area contributed by atoms with E-state index in [1.807, 2.05) is 0 Å². The number of imide groups is 1. The maximum Gasteiger partial charge on any atom is 0.341 e. The number of hydrogen-bond acceptors (Lipinski definition) is 4. The Balaban J connectivity index is 2.45. The van der Waals surface area contributed by atoms with Gasteiger partial charge in [0.05, 0.1) is 6.26 Å². The van der Waals surface area contributed by atoms with Gasteiger partial charge >= 0.3 is 5.97 Å². The van der Waals surface area contributed by atoms with Gasteiger partial charge in [-0.1, -0.05) is 0 Å². The molecule has 1 aliphatic rings. The molecular weight excluding hydrogens is 202 g/mol. The molecular formula is C9H7NO5. The van der Waals surface area contributed by atoms with E-state index in [1.54, 1.807) is 0 Å². The van der Waals surface area contributed by atoms with Crippen LogP contribution in [0.25, 0.3) is 0 Å². The number of anilines is 1. The summed E-state index contributed by atoms with van der Waals surface area (Å²) >= 11 is 0. The van der Waals surface area contributed by atoms with Gasteiger partial charge in [0.15, 0.2) is 0 Å². The van der Waals surface area contributed by atoms with Crippen molar-refractivity contribution in [3.63, 3.8) is 0 Å². The summed E-state index contributed by atoms with van der Waals surface area (Å²) in [5.74, 6) is -2.30. The first kappa shape index (κ1) is 9.45. The van der Waals surface area contributed by atoms with Crippen molar-refractivity contribution >= 4 is 23.7 Å². The standard InChI is InChI=1S/C9H7NO5/c11-6-1-2-7(12)10(6)8-5(9(13)14)3-4-15-8/h3-4H,1-2H2,(H,13,14). The number of carboxylic acids is 1. The second kappa shape index (κ2) is 3.23. The van der Waals surface area contributed by atoms with E-state index in [0.29, 0.717) is 0 Å². The molecule has 1 aromatic heterocycles. The maximum atomic E-state index is 11.3. The van der Waals surface area contributed by atoms with Crippen molar-refractivity contribution in [3.05, 3.63) is 17.9 Å². The molecule has 0 aromatic carbocycles. The molecule has 0 spiro atoms. The van der Waals surface area contributed by atoms with Crippen molar-refractivity contribution in [1.29, 1.82) is 0 Å². The molecule has 0 aliphatic carbocycles. The summed E-state index contributed by atoms with van der Waals surface area (Å²) in [5.41, 5.74) is -0.182. The van der Waals surface area contributed by atoms with Gasteiger partial charge in [-0.3, -0.25) is 9.59 Å². The van der Waals surface area contributed by atoms with Gasteiger partial charge in [-0.25, -0.2) is 9.69 Å². The van der Waals surface area contributed by atoms with Gasteiger partial charge in [-0.15, -0.1) is 0 Å². The molecule has 0 radical (unpaired) electrons. The lowest BCUT2D eigenvalue weighted by Crippen LogP contribution is -2.29. The lowest BCUT2D eigenvalue weighted by Gasteiger charge is -2.10. The van der Waals surface area contributed by atoms with Crippen LogP contribution >= 0.6 is 0 Å². The fraction of sp³-hybridized carbons (Fsp3) is 0.222. The maximum absolute atomic E-state index is 11.3. The monoisotopic (exact) mass is 209 g/mol. The van der Waals surface area contributed by atoms with Crippen LogP contribution in [0.5, 0.6) is 0 Å². The molecule has 6 heteroatoms. The minimum absolute atomic E-state index is 0.0958. The van der Waals surface area contributed by atoms with Crippen LogP contribution in [0.4, 0.5) is 5.88 Å². The molecule has 2 heterocycles. The highest BCUT2D eigenvalue weighted by molar-refractivity contribution is 6.20. The summed E-state index contributed by atoms with van der Waals surface area (Å²) in [6.45, 7) is 0. The summed E-state index contributed by atoms with van der Waals surface area (Å²) < 4.78 is 4.85. The van der Waals surface area contributed by atoms with Gasteiger partial charge in [0.25, 0.3) is 0 Å². The Bertz CT molecular complexity index is 431. The van der Waals surface area contributed by atoms with Crippen LogP contribution in [0.2, 0.25) is 0 Å². The Hall–Kier alpha value is -2.11. The number of nitrogens with zero attached hydrogens (tertiary/aromatic N) is 1. The average molecular weight is 209 g/mol. The van der Waals surface area contributed by atoms with Crippen LogP contribution in [0.15, 0.2) is 16.7 Å². The fourth-order valence-electron chi connectivity index (χ4n) is 1.44. The first-order valence-corrected chi connectivity index (χ1v) is 4.28. The third-order valence-corrected chi connectivity index (χ3v) is 2.13. The highest BCUT2D eigenvalue weighted by Gasteiger charge is 2.35. The molecule has 2 amide bonds. The summed E-state index contributed by atoms with van der Waals surface area (Å²) in [6, 6.07) is 1.20. The van der Waals surface area contributed by atoms with E-state index >= 15 is 0 Å². The minimum Gasteiger partial charge on any atom is -0.477 e. The topological polar surface area (TPSA) is 87.8 Å². The van der Waals surface area contributed by atoms with Gasteiger partial charge in [-0.05, 0) is 6.07 Å². The number of rotatable bonds is 2. The quantitative estimate of drug-likeness (QED) is 0.721. The molecule has 1 aliphatic heterocycles. The van der Waals surface area contributed by atoms with Crippen molar-refractivity contribution in [3.8, 4) is 0 Å². The summed E-state index contributed by atoms with van der Waals surface area (Å²) in [5, 5.41) is 8.78. The molecule has 1 saturated heterocycles. The van der Waals surface area contributed by atoms with E-state index in [0.717, 1.165) is 11.2 Å². The zero-order valence-electron chi connectivity index (χ0n) is 7.60. The first-order valence-electron chi connectivity index (χ1n) is 4.28. The molecule has 2 rings (SSSR count). The zero-order valence-corrected chi connectivity index (χ0v) is 7.60. The highest BCUT2D eigenvalue weighted by atomic mass is 16.4. The number of carboxylic acid groups (broad SMARTS) is 1. The van der Waals surface area contributed by atoms with Gasteiger partial charge in [0, 0.05) is 12.8 Å². The normalized spacial score (nSPS) is 16.1. The third-order valence-electron chi connectivity index (χ3n) is 2.13. The minimum atomic E-state index is -1.23. The molecule has 0 bridgehead atoms. The first-order chi connectivity index (χ1) is 7.11. The van der Waals surface area contributed by atoms with Crippen LogP contribution in [0, 0.1) is 0 Å². The van der Waals surface area contributed by atoms with Crippen molar-refractivity contribution in [2.45, 2.75) is 12.8 Å². The molecule has 0 saturated carbocycles. The molecule has 0 unspecified atom stereocenters. The second-order valence-electron chi connectivity index (χ2n) is 3.07. The average Bonchev–Trinajstić information content (AvgIpc) is 2.73. The fourth-order valence-corrected chi connectivity index (χ4v) is 1.44. The number of hydrogen-bond donors (Lipinski definition) is 1.